The molecule has 0 aromatic heterocycles. The van der Waals surface area contributed by atoms with Crippen LogP contribution in [0, 0.1) is 32.8 Å². The van der Waals surface area contributed by atoms with Crippen molar-refractivity contribution in [3.8, 4) is 12.1 Å². The van der Waals surface area contributed by atoms with Crippen LogP contribution in [0.4, 0.5) is 11.4 Å². The summed E-state index contributed by atoms with van der Waals surface area (Å²) in [4.78, 5) is 11.0. The lowest BCUT2D eigenvalue weighted by Crippen LogP contribution is -2.00. The number of nitriles is 2. The second-order valence-corrected chi connectivity index (χ2v) is 3.82. The molecule has 0 heterocycles. The molecule has 0 spiro atoms. The molecule has 0 fully saturated rings. The van der Waals surface area contributed by atoms with E-state index in [9.17, 15) is 10.1 Å². The van der Waals surface area contributed by atoms with E-state index in [4.69, 9.17) is 10.5 Å². The van der Waals surface area contributed by atoms with Crippen molar-refractivity contribution in [2.24, 2.45) is 5.10 Å². The maximum absolute atomic E-state index is 10.9. The molecule has 0 aliphatic carbocycles. The second-order valence-electron chi connectivity index (χ2n) is 2.94. The normalized spacial score (nSPS) is 8.83. The van der Waals surface area contributed by atoms with Crippen LogP contribution < -0.4 is 5.43 Å². The van der Waals surface area contributed by atoms with Gasteiger partial charge in [-0.2, -0.15) is 15.6 Å². The highest BCUT2D eigenvalue weighted by molar-refractivity contribution is 7.98. The Morgan fingerprint density at radius 3 is 2.67 bits per heavy atom. The third kappa shape index (κ3) is 3.20. The van der Waals surface area contributed by atoms with Gasteiger partial charge in [0.1, 0.15) is 17.8 Å². The largest absolute Gasteiger partial charge is 0.295 e. The second kappa shape index (κ2) is 6.23. The summed E-state index contributed by atoms with van der Waals surface area (Å²) in [7, 11) is 0. The first-order valence-electron chi connectivity index (χ1n) is 4.58. The van der Waals surface area contributed by atoms with Crippen molar-refractivity contribution in [2.75, 3.05) is 11.7 Å². The molecule has 18 heavy (non-hydrogen) atoms. The van der Waals surface area contributed by atoms with E-state index in [1.807, 2.05) is 0 Å². The van der Waals surface area contributed by atoms with E-state index in [1.54, 1.807) is 24.5 Å². The van der Waals surface area contributed by atoms with Gasteiger partial charge in [0.25, 0.3) is 5.69 Å². The number of anilines is 1. The molecule has 1 aromatic carbocycles. The fourth-order valence-corrected chi connectivity index (χ4v) is 1.51. The van der Waals surface area contributed by atoms with Crippen LogP contribution in [0.2, 0.25) is 0 Å². The summed E-state index contributed by atoms with van der Waals surface area (Å²) in [5.74, 6) is 0. The molecule has 90 valence electrons. The van der Waals surface area contributed by atoms with Gasteiger partial charge in [-0.15, -0.1) is 11.8 Å². The lowest BCUT2D eigenvalue weighted by atomic mass is 10.3. The maximum Gasteiger partial charge on any atom is 0.295 e. The lowest BCUT2D eigenvalue weighted by Gasteiger charge is -2.03. The minimum Gasteiger partial charge on any atom is -0.270 e. The van der Waals surface area contributed by atoms with E-state index < -0.39 is 10.6 Å². The summed E-state index contributed by atoms with van der Waals surface area (Å²) < 4.78 is 0. The van der Waals surface area contributed by atoms with Crippen molar-refractivity contribution in [2.45, 2.75) is 4.90 Å². The van der Waals surface area contributed by atoms with Crippen LogP contribution >= 0.6 is 11.8 Å². The highest BCUT2D eigenvalue weighted by atomic mass is 32.2. The first-order chi connectivity index (χ1) is 8.62. The molecule has 0 saturated heterocycles. The average Bonchev–Trinajstić information content (AvgIpc) is 2.39. The van der Waals surface area contributed by atoms with E-state index in [2.05, 4.69) is 10.5 Å². The summed E-state index contributed by atoms with van der Waals surface area (Å²) in [6.45, 7) is 0. The predicted octanol–water partition coefficient (Wildman–Crippen LogP) is 2.13. The van der Waals surface area contributed by atoms with Crippen molar-refractivity contribution in [1.82, 2.24) is 0 Å². The molecule has 0 amide bonds. The molecular weight excluding hydrogens is 254 g/mol. The molecule has 0 radical (unpaired) electrons. The Bertz CT molecular complexity index is 569. The number of hydrogen-bond acceptors (Lipinski definition) is 7. The molecule has 0 saturated carbocycles. The molecule has 0 bridgehead atoms. The van der Waals surface area contributed by atoms with Crippen molar-refractivity contribution in [3.63, 3.8) is 0 Å². The molecular formula is C10H7N5O2S. The summed E-state index contributed by atoms with van der Waals surface area (Å²) in [6, 6.07) is 7.63. The first-order valence-corrected chi connectivity index (χ1v) is 5.81. The lowest BCUT2D eigenvalue weighted by molar-refractivity contribution is -0.384. The molecule has 8 heteroatoms. The average molecular weight is 261 g/mol. The topological polar surface area (TPSA) is 115 Å². The van der Waals surface area contributed by atoms with E-state index >= 15 is 0 Å². The van der Waals surface area contributed by atoms with Crippen molar-refractivity contribution in [1.29, 1.82) is 10.5 Å². The van der Waals surface area contributed by atoms with E-state index in [0.717, 1.165) is 4.90 Å². The number of rotatable bonds is 4. The number of benzene rings is 1. The van der Waals surface area contributed by atoms with Crippen LogP contribution in [0.1, 0.15) is 0 Å². The highest BCUT2D eigenvalue weighted by Gasteiger charge is 2.14. The molecule has 0 aliphatic heterocycles. The van der Waals surface area contributed by atoms with Gasteiger partial charge in [-0.3, -0.25) is 15.5 Å². The zero-order chi connectivity index (χ0) is 13.5. The molecule has 1 N–H and O–H groups in total. The van der Waals surface area contributed by atoms with Gasteiger partial charge >= 0.3 is 0 Å². The SMILES string of the molecule is CSc1ccc(NN=C(C#N)C#N)c([N+](=O)[O-])c1. The standard InChI is InChI=1S/C10H7N5O2S/c1-18-8-2-3-9(10(4-8)15(16)17)14-13-7(5-11)6-12/h2-4,14H,1H3. The minimum absolute atomic E-state index is 0.126. The Kier molecular flexibility index (Phi) is 4.67. The quantitative estimate of drug-likeness (QED) is 0.384. The number of hydrazone groups is 1. The zero-order valence-electron chi connectivity index (χ0n) is 9.25. The van der Waals surface area contributed by atoms with Gasteiger partial charge in [0.15, 0.2) is 0 Å². The van der Waals surface area contributed by atoms with Gasteiger partial charge in [-0.25, -0.2) is 0 Å². The molecule has 1 rings (SSSR count). The zero-order valence-corrected chi connectivity index (χ0v) is 10.1. The maximum atomic E-state index is 10.9. The van der Waals surface area contributed by atoms with Crippen LogP contribution in [0.5, 0.6) is 0 Å². The fraction of sp³-hybridized carbons (Fsp3) is 0.100. The molecule has 0 atom stereocenters. The van der Waals surface area contributed by atoms with Crippen LogP contribution in [0.15, 0.2) is 28.2 Å². The predicted molar refractivity (Wildman–Crippen MR) is 67.2 cm³/mol. The Hall–Kier alpha value is -2.58. The fourth-order valence-electron chi connectivity index (χ4n) is 1.08. The van der Waals surface area contributed by atoms with Gasteiger partial charge in [0.05, 0.1) is 4.92 Å². The summed E-state index contributed by atoms with van der Waals surface area (Å²) in [5, 5.41) is 31.3. The number of nitrogens with zero attached hydrogens (tertiary/aromatic N) is 4. The monoisotopic (exact) mass is 261 g/mol. The minimum atomic E-state index is -0.560. The molecule has 7 nitrogen and oxygen atoms in total. The van der Waals surface area contributed by atoms with Gasteiger partial charge in [-0.05, 0) is 18.4 Å². The number of nitro groups is 1. The number of hydrogen-bond donors (Lipinski definition) is 1. The van der Waals surface area contributed by atoms with Gasteiger partial charge < -0.3 is 0 Å². The Morgan fingerprint density at radius 2 is 2.17 bits per heavy atom. The van der Waals surface area contributed by atoms with Crippen molar-refractivity contribution >= 4 is 28.8 Å². The van der Waals surface area contributed by atoms with Gasteiger partial charge in [0.2, 0.25) is 5.71 Å². The Labute approximate surface area is 107 Å². The third-order valence-electron chi connectivity index (χ3n) is 1.90. The van der Waals surface area contributed by atoms with Gasteiger partial charge in [-0.1, -0.05) is 0 Å². The summed E-state index contributed by atoms with van der Waals surface area (Å²) in [6.07, 6.45) is 1.80. The van der Waals surface area contributed by atoms with E-state index in [1.165, 1.54) is 23.9 Å². The third-order valence-corrected chi connectivity index (χ3v) is 2.63. The van der Waals surface area contributed by atoms with Crippen molar-refractivity contribution < 1.29 is 4.92 Å². The first kappa shape index (κ1) is 13.5. The Morgan fingerprint density at radius 1 is 1.50 bits per heavy atom. The smallest absolute Gasteiger partial charge is 0.270 e. The molecule has 1 aromatic rings. The van der Waals surface area contributed by atoms with Crippen molar-refractivity contribution in [3.05, 3.63) is 28.3 Å². The number of nitrogens with one attached hydrogen (secondary N) is 1. The summed E-state index contributed by atoms with van der Waals surface area (Å²) >= 11 is 1.37. The molecule has 0 unspecified atom stereocenters. The summed E-state index contributed by atoms with van der Waals surface area (Å²) in [5.41, 5.74) is 1.90. The highest BCUT2D eigenvalue weighted by Crippen LogP contribution is 2.29. The van der Waals surface area contributed by atoms with E-state index in [0.29, 0.717) is 0 Å². The van der Waals surface area contributed by atoms with Crippen LogP contribution in [0.25, 0.3) is 0 Å². The molecule has 0 aliphatic rings. The van der Waals surface area contributed by atoms with Crippen LogP contribution in [-0.4, -0.2) is 16.9 Å². The number of thioether (sulfide) groups is 1. The van der Waals surface area contributed by atoms with E-state index in [-0.39, 0.29) is 11.4 Å². The number of nitro benzene ring substituents is 1. The van der Waals surface area contributed by atoms with Crippen LogP contribution in [-0.2, 0) is 0 Å². The van der Waals surface area contributed by atoms with Gasteiger partial charge in [0, 0.05) is 11.0 Å². The van der Waals surface area contributed by atoms with Crippen LogP contribution in [0.3, 0.4) is 0 Å². The Balaban J connectivity index is 3.11.